The first-order valence-corrected chi connectivity index (χ1v) is 4.61. The van der Waals surface area contributed by atoms with Crippen molar-refractivity contribution in [3.05, 3.63) is 10.4 Å². The van der Waals surface area contributed by atoms with Crippen LogP contribution in [0.4, 0.5) is 0 Å². The van der Waals surface area contributed by atoms with E-state index < -0.39 is 17.5 Å². The highest BCUT2D eigenvalue weighted by Crippen LogP contribution is 1.97. The Morgan fingerprint density at radius 2 is 1.30 bits per heavy atom. The summed E-state index contributed by atoms with van der Waals surface area (Å²) in [4.78, 5) is 20.9. The van der Waals surface area contributed by atoms with Crippen LogP contribution in [0.3, 0.4) is 0 Å². The number of hydrogen-bond donors (Lipinski definition) is 2. The van der Waals surface area contributed by atoms with E-state index in [1.165, 1.54) is 0 Å². The minimum absolute atomic E-state index is 0.432. The van der Waals surface area contributed by atoms with Crippen LogP contribution in [0, 0.1) is 0 Å². The molecule has 0 rings (SSSR count). The van der Waals surface area contributed by atoms with Crippen molar-refractivity contribution in [1.82, 2.24) is 0 Å². The van der Waals surface area contributed by atoms with Gasteiger partial charge in [-0.15, -0.1) is 0 Å². The van der Waals surface area contributed by atoms with E-state index in [9.17, 15) is 9.59 Å². The van der Waals surface area contributed by atoms with Crippen LogP contribution < -0.4 is 0 Å². The lowest BCUT2D eigenvalue weighted by molar-refractivity contribution is -0.140. The van der Waals surface area contributed by atoms with Crippen molar-refractivity contribution in [3.63, 3.8) is 0 Å². The average molecular weight is 176 g/mol. The van der Waals surface area contributed by atoms with E-state index in [4.69, 9.17) is 10.2 Å². The summed E-state index contributed by atoms with van der Waals surface area (Å²) in [6, 6.07) is 0. The molecule has 0 spiro atoms. The summed E-state index contributed by atoms with van der Waals surface area (Å²) < 4.78 is 0. The molecular weight excluding hydrogens is 168 g/mol. The molecule has 0 aliphatic rings. The topological polar surface area (TPSA) is 74.6 Å². The van der Waals surface area contributed by atoms with Crippen molar-refractivity contribution in [3.8, 4) is 0 Å². The Balaban J connectivity index is 4.79. The number of rotatable bonds is 2. The zero-order chi connectivity index (χ0) is 8.31. The monoisotopic (exact) mass is 176 g/mol. The maximum Gasteiger partial charge on any atom is 0.342 e. The Morgan fingerprint density at radius 3 is 1.30 bits per heavy atom. The molecule has 0 aromatic carbocycles. The Kier molecular flexibility index (Phi) is 3.03. The van der Waals surface area contributed by atoms with Gasteiger partial charge in [-0.05, 0) is 0 Å². The molecule has 0 bridgehead atoms. The molecule has 0 aromatic heterocycles. The quantitative estimate of drug-likeness (QED) is 0.205. The molecule has 0 heterocycles. The first-order chi connectivity index (χ1) is 4.46. The fraction of sp³-hybridized carbons (Fsp3) is 0. The van der Waals surface area contributed by atoms with E-state index in [1.54, 1.807) is 0 Å². The van der Waals surface area contributed by atoms with Gasteiger partial charge in [0.15, 0.2) is 0 Å². The van der Waals surface area contributed by atoms with Gasteiger partial charge in [0.1, 0.15) is 5.57 Å². The molecule has 2 N–H and O–H groups in total. The Bertz CT molecular complexity index is 187. The predicted molar refractivity (Wildman–Crippen MR) is 42.2 cm³/mol. The first kappa shape index (κ1) is 9.11. The van der Waals surface area contributed by atoms with Gasteiger partial charge in [0.05, 0.1) is 0 Å². The van der Waals surface area contributed by atoms with E-state index in [2.05, 4.69) is 0 Å². The molecule has 56 valence electrons. The summed E-state index contributed by atoms with van der Waals surface area (Å²) in [6.07, 6.45) is 0. The second kappa shape index (κ2) is 3.32. The van der Waals surface area contributed by atoms with Gasteiger partial charge in [-0.3, -0.25) is 0 Å². The molecule has 0 aromatic rings. The number of hydrogen-bond acceptors (Lipinski definition) is 2. The van der Waals surface area contributed by atoms with E-state index in [1.807, 2.05) is 0 Å². The van der Waals surface area contributed by atoms with Gasteiger partial charge in [0.2, 0.25) is 0 Å². The molecular formula is C4H8O4Si2. The predicted octanol–water partition coefficient (Wildman–Crippen LogP) is -2.90. The standard InChI is InChI=1S/C4H8O4Si2/c5-2(6)1(3(7)8)4(9)10/h9-10H3,(H,5,6)(H,7,8). The molecule has 4 nitrogen and oxygen atoms in total. The summed E-state index contributed by atoms with van der Waals surface area (Å²) in [7, 11) is 1.06. The van der Waals surface area contributed by atoms with Crippen LogP contribution >= 0.6 is 0 Å². The molecule has 0 fully saturated rings. The third kappa shape index (κ3) is 2.15. The van der Waals surface area contributed by atoms with Crippen LogP contribution in [-0.2, 0) is 9.59 Å². The van der Waals surface area contributed by atoms with Gasteiger partial charge in [-0.25, -0.2) is 9.59 Å². The highest BCUT2D eigenvalue weighted by atomic mass is 28.2. The highest BCUT2D eigenvalue weighted by Gasteiger charge is 2.16. The van der Waals surface area contributed by atoms with Gasteiger partial charge in [0, 0.05) is 20.5 Å². The highest BCUT2D eigenvalue weighted by molar-refractivity contribution is 6.51. The van der Waals surface area contributed by atoms with Gasteiger partial charge in [-0.1, -0.05) is 4.82 Å². The number of carboxylic acid groups (broad SMARTS) is 2. The summed E-state index contributed by atoms with van der Waals surface area (Å²) in [6.45, 7) is 0. The molecule has 0 saturated carbocycles. The average Bonchev–Trinajstić information content (AvgIpc) is 1.59. The van der Waals surface area contributed by atoms with Gasteiger partial charge < -0.3 is 10.2 Å². The fourth-order valence-electron chi connectivity index (χ4n) is 0.519. The molecule has 0 unspecified atom stereocenters. The molecule has 0 saturated heterocycles. The number of carbonyl (C=O) groups is 2. The van der Waals surface area contributed by atoms with Gasteiger partial charge in [-0.2, -0.15) is 0 Å². The lowest BCUT2D eigenvalue weighted by atomic mass is 10.3. The van der Waals surface area contributed by atoms with Crippen LogP contribution in [-0.4, -0.2) is 42.6 Å². The molecule has 10 heavy (non-hydrogen) atoms. The SMILES string of the molecule is O=C(O)C(C(=O)O)=C([SiH3])[SiH3]. The Labute approximate surface area is 63.4 Å². The molecule has 0 aliphatic carbocycles. The molecule has 0 radical (unpaired) electrons. The molecule has 0 amide bonds. The number of carboxylic acids is 2. The molecule has 0 atom stereocenters. The number of aliphatic carboxylic acids is 2. The smallest absolute Gasteiger partial charge is 0.342 e. The lowest BCUT2D eigenvalue weighted by Gasteiger charge is -1.95. The van der Waals surface area contributed by atoms with Crippen LogP contribution in [0.5, 0.6) is 0 Å². The Hall–Kier alpha value is -0.886. The first-order valence-electron chi connectivity index (χ1n) is 2.61. The van der Waals surface area contributed by atoms with Gasteiger partial charge >= 0.3 is 11.9 Å². The zero-order valence-corrected chi connectivity index (χ0v) is 9.71. The van der Waals surface area contributed by atoms with Crippen molar-refractivity contribution in [2.45, 2.75) is 0 Å². The normalized spacial score (nSPS) is 9.20. The van der Waals surface area contributed by atoms with Crippen LogP contribution in [0.1, 0.15) is 0 Å². The van der Waals surface area contributed by atoms with Crippen LogP contribution in [0.15, 0.2) is 10.4 Å². The van der Waals surface area contributed by atoms with Crippen molar-refractivity contribution < 1.29 is 19.8 Å². The maximum atomic E-state index is 10.2. The minimum Gasteiger partial charge on any atom is -0.477 e. The molecule has 0 aliphatic heterocycles. The van der Waals surface area contributed by atoms with Crippen LogP contribution in [0.25, 0.3) is 0 Å². The van der Waals surface area contributed by atoms with Crippen molar-refractivity contribution >= 4 is 32.4 Å². The molecule has 6 heteroatoms. The van der Waals surface area contributed by atoms with Crippen molar-refractivity contribution in [1.29, 1.82) is 0 Å². The van der Waals surface area contributed by atoms with Gasteiger partial charge in [0.25, 0.3) is 0 Å². The van der Waals surface area contributed by atoms with E-state index in [-0.39, 0.29) is 0 Å². The second-order valence-electron chi connectivity index (χ2n) is 1.99. The largest absolute Gasteiger partial charge is 0.477 e. The Morgan fingerprint density at radius 1 is 1.00 bits per heavy atom. The maximum absolute atomic E-state index is 10.2. The van der Waals surface area contributed by atoms with Crippen molar-refractivity contribution in [2.24, 2.45) is 0 Å². The summed E-state index contributed by atoms with van der Waals surface area (Å²) in [5.41, 5.74) is -0.432. The summed E-state index contributed by atoms with van der Waals surface area (Å²) >= 11 is 0. The summed E-state index contributed by atoms with van der Waals surface area (Å²) in [5.74, 6) is -2.65. The second-order valence-corrected chi connectivity index (χ2v) is 6.99. The van der Waals surface area contributed by atoms with E-state index >= 15 is 0 Å². The lowest BCUT2D eigenvalue weighted by Crippen LogP contribution is -2.14. The minimum atomic E-state index is -1.33. The van der Waals surface area contributed by atoms with E-state index in [0.717, 1.165) is 0 Å². The zero-order valence-electron chi connectivity index (χ0n) is 5.71. The van der Waals surface area contributed by atoms with E-state index in [0.29, 0.717) is 25.3 Å². The van der Waals surface area contributed by atoms with Crippen molar-refractivity contribution in [2.75, 3.05) is 0 Å². The van der Waals surface area contributed by atoms with Crippen LogP contribution in [0.2, 0.25) is 0 Å². The fourth-order valence-corrected chi connectivity index (χ4v) is 1.37. The third-order valence-electron chi connectivity index (χ3n) is 0.928. The summed E-state index contributed by atoms with van der Waals surface area (Å²) in [5, 5.41) is 16.6. The third-order valence-corrected chi connectivity index (χ3v) is 1.93.